The number of benzene rings is 5. The van der Waals surface area contributed by atoms with Crippen LogP contribution in [0.3, 0.4) is 0 Å². The lowest BCUT2D eigenvalue weighted by molar-refractivity contribution is -0.793. The van der Waals surface area contributed by atoms with Gasteiger partial charge in [0.15, 0.2) is 0 Å². The molecule has 194 valence electrons. The van der Waals surface area contributed by atoms with Crippen LogP contribution >= 0.6 is 0 Å². The van der Waals surface area contributed by atoms with Crippen LogP contribution in [0, 0.1) is 6.92 Å². The Bertz CT molecular complexity index is 1680. The Balaban J connectivity index is 1.63. The molecule has 0 aliphatic heterocycles. The first kappa shape index (κ1) is 25.4. The second-order valence-electron chi connectivity index (χ2n) is 9.94. The van der Waals surface area contributed by atoms with Crippen molar-refractivity contribution in [3.63, 3.8) is 0 Å². The first-order valence-corrected chi connectivity index (χ1v) is 13.3. The molecule has 0 saturated heterocycles. The van der Waals surface area contributed by atoms with E-state index in [9.17, 15) is 0 Å². The zero-order chi connectivity index (χ0) is 27.5. The number of hydrogen-bond donors (Lipinski definition) is 0. The second kappa shape index (κ2) is 10.7. The summed E-state index contributed by atoms with van der Waals surface area (Å²) in [7, 11) is 0. The van der Waals surface area contributed by atoms with E-state index in [1.165, 1.54) is 10.6 Å². The van der Waals surface area contributed by atoms with Gasteiger partial charge in [0.1, 0.15) is 0 Å². The predicted molar refractivity (Wildman–Crippen MR) is 159 cm³/mol. The molecule has 0 bridgehead atoms. The van der Waals surface area contributed by atoms with Gasteiger partial charge >= 0.3 is 6.05 Å². The SMILES string of the molecule is Cc1ccc(-c2cccc(C(F)(F)[n+]3c(-c4ccccc4)cc(-c4ccccc4)cc3-c3ccccc3)c2)cc1. The topological polar surface area (TPSA) is 3.88 Å². The fourth-order valence-electron chi connectivity index (χ4n) is 5.10. The van der Waals surface area contributed by atoms with Gasteiger partial charge in [0.05, 0.1) is 5.56 Å². The first-order chi connectivity index (χ1) is 19.5. The summed E-state index contributed by atoms with van der Waals surface area (Å²) in [5.74, 6) is 0. The largest absolute Gasteiger partial charge is 0.490 e. The minimum absolute atomic E-state index is 0.0719. The molecule has 6 aromatic rings. The summed E-state index contributed by atoms with van der Waals surface area (Å²) in [6.45, 7) is 2.01. The molecule has 0 N–H and O–H groups in total. The highest BCUT2D eigenvalue weighted by molar-refractivity contribution is 5.74. The number of aryl methyl sites for hydroxylation is 1. The third-order valence-electron chi connectivity index (χ3n) is 7.19. The number of pyridine rings is 1. The molecule has 40 heavy (non-hydrogen) atoms. The summed E-state index contributed by atoms with van der Waals surface area (Å²) in [5, 5.41) is 0. The molecule has 0 saturated carbocycles. The molecule has 1 heterocycles. The number of nitrogens with zero attached hydrogens (tertiary/aromatic N) is 1. The van der Waals surface area contributed by atoms with Gasteiger partial charge in [-0.1, -0.05) is 109 Å². The van der Waals surface area contributed by atoms with Crippen LogP contribution in [0.15, 0.2) is 152 Å². The van der Waals surface area contributed by atoms with Gasteiger partial charge in [0.25, 0.3) is 0 Å². The molecule has 3 heteroatoms. The molecular formula is C37H28F2N+. The highest BCUT2D eigenvalue weighted by Gasteiger charge is 2.48. The van der Waals surface area contributed by atoms with Gasteiger partial charge in [-0.05, 0) is 65.6 Å². The van der Waals surface area contributed by atoms with E-state index < -0.39 is 6.05 Å². The Morgan fingerprint density at radius 1 is 0.425 bits per heavy atom. The van der Waals surface area contributed by atoms with Crippen LogP contribution in [0.2, 0.25) is 0 Å². The zero-order valence-electron chi connectivity index (χ0n) is 22.1. The minimum atomic E-state index is -3.35. The normalized spacial score (nSPS) is 11.4. The Kier molecular flexibility index (Phi) is 6.79. The summed E-state index contributed by atoms with van der Waals surface area (Å²) in [5.41, 5.74) is 6.85. The first-order valence-electron chi connectivity index (χ1n) is 13.3. The van der Waals surface area contributed by atoms with Crippen LogP contribution in [0.1, 0.15) is 11.1 Å². The average Bonchev–Trinajstić information content (AvgIpc) is 3.02. The third kappa shape index (κ3) is 4.94. The van der Waals surface area contributed by atoms with Gasteiger partial charge in [-0.15, -0.1) is 13.3 Å². The molecule has 0 spiro atoms. The number of alkyl halides is 2. The van der Waals surface area contributed by atoms with Gasteiger partial charge in [-0.2, -0.15) is 0 Å². The van der Waals surface area contributed by atoms with Crippen molar-refractivity contribution in [2.24, 2.45) is 0 Å². The molecule has 0 aliphatic carbocycles. The van der Waals surface area contributed by atoms with E-state index in [-0.39, 0.29) is 5.56 Å². The number of rotatable bonds is 6. The van der Waals surface area contributed by atoms with E-state index in [1.54, 1.807) is 12.1 Å². The van der Waals surface area contributed by atoms with Crippen LogP contribution < -0.4 is 4.57 Å². The van der Waals surface area contributed by atoms with E-state index in [1.807, 2.05) is 140 Å². The summed E-state index contributed by atoms with van der Waals surface area (Å²) in [4.78, 5) is 0. The van der Waals surface area contributed by atoms with Gasteiger partial charge in [-0.25, -0.2) is 0 Å². The van der Waals surface area contributed by atoms with Crippen molar-refractivity contribution in [2.75, 3.05) is 0 Å². The molecule has 0 amide bonds. The highest BCUT2D eigenvalue weighted by atomic mass is 19.3. The Labute approximate surface area is 233 Å². The monoisotopic (exact) mass is 524 g/mol. The van der Waals surface area contributed by atoms with Gasteiger partial charge < -0.3 is 0 Å². The van der Waals surface area contributed by atoms with Crippen molar-refractivity contribution in [3.05, 3.63) is 163 Å². The van der Waals surface area contributed by atoms with Crippen LogP contribution in [-0.2, 0) is 6.05 Å². The maximum atomic E-state index is 17.0. The lowest BCUT2D eigenvalue weighted by Crippen LogP contribution is -2.54. The maximum Gasteiger partial charge on any atom is 0.490 e. The zero-order valence-corrected chi connectivity index (χ0v) is 22.1. The number of hydrogen-bond acceptors (Lipinski definition) is 0. The molecule has 1 aromatic heterocycles. The van der Waals surface area contributed by atoms with Gasteiger partial charge in [-0.3, -0.25) is 0 Å². The third-order valence-corrected chi connectivity index (χ3v) is 7.19. The predicted octanol–water partition coefficient (Wildman–Crippen LogP) is 9.55. The van der Waals surface area contributed by atoms with E-state index in [4.69, 9.17) is 0 Å². The van der Waals surface area contributed by atoms with Gasteiger partial charge in [0, 0.05) is 23.3 Å². The van der Waals surface area contributed by atoms with E-state index in [0.717, 1.165) is 27.8 Å². The summed E-state index contributed by atoms with van der Waals surface area (Å²) in [6.07, 6.45) is 0. The summed E-state index contributed by atoms with van der Waals surface area (Å²) in [6, 6.07) is 43.8. The van der Waals surface area contributed by atoms with E-state index in [0.29, 0.717) is 22.5 Å². The summed E-state index contributed by atoms with van der Waals surface area (Å²) >= 11 is 0. The molecular weight excluding hydrogens is 496 g/mol. The van der Waals surface area contributed by atoms with Crippen molar-refractivity contribution in [1.82, 2.24) is 0 Å². The highest BCUT2D eigenvalue weighted by Crippen LogP contribution is 2.36. The smallest absolute Gasteiger partial charge is 0.134 e. The fourth-order valence-corrected chi connectivity index (χ4v) is 5.10. The Morgan fingerprint density at radius 3 is 1.40 bits per heavy atom. The second-order valence-corrected chi connectivity index (χ2v) is 9.94. The molecule has 6 rings (SSSR count). The van der Waals surface area contributed by atoms with Crippen molar-refractivity contribution in [3.8, 4) is 44.8 Å². The van der Waals surface area contributed by atoms with Crippen LogP contribution in [0.5, 0.6) is 0 Å². The van der Waals surface area contributed by atoms with Crippen LogP contribution in [0.4, 0.5) is 8.78 Å². The Hall–Kier alpha value is -4.89. The molecule has 0 fully saturated rings. The van der Waals surface area contributed by atoms with Crippen molar-refractivity contribution in [1.29, 1.82) is 0 Å². The van der Waals surface area contributed by atoms with E-state index in [2.05, 4.69) is 0 Å². The average molecular weight is 525 g/mol. The molecule has 5 aromatic carbocycles. The van der Waals surface area contributed by atoms with Crippen LogP contribution in [0.25, 0.3) is 44.8 Å². The Morgan fingerprint density at radius 2 is 0.875 bits per heavy atom. The number of aromatic nitrogens is 1. The van der Waals surface area contributed by atoms with Crippen LogP contribution in [-0.4, -0.2) is 0 Å². The lowest BCUT2D eigenvalue weighted by atomic mass is 9.97. The van der Waals surface area contributed by atoms with Crippen molar-refractivity contribution in [2.45, 2.75) is 13.0 Å². The molecule has 0 aliphatic rings. The molecule has 0 atom stereocenters. The molecule has 1 nitrogen and oxygen atoms in total. The van der Waals surface area contributed by atoms with Gasteiger partial charge in [0.2, 0.25) is 11.4 Å². The summed E-state index contributed by atoms with van der Waals surface area (Å²) < 4.78 is 35.3. The standard InChI is InChI=1S/C37H28F2N/c1-27-20-22-29(23-21-27)32-18-11-19-34(24-32)37(38,39)40-35(30-14-7-3-8-15-30)25-33(28-12-5-2-6-13-28)26-36(40)31-16-9-4-10-17-31/h2-26H,1H3/q+1. The minimum Gasteiger partial charge on any atom is -0.134 e. The molecule has 0 radical (unpaired) electrons. The van der Waals surface area contributed by atoms with Crippen molar-refractivity contribution >= 4 is 0 Å². The maximum absolute atomic E-state index is 17.0. The van der Waals surface area contributed by atoms with Crippen molar-refractivity contribution < 1.29 is 13.3 Å². The fraction of sp³-hybridized carbons (Fsp3) is 0.0541. The molecule has 0 unspecified atom stereocenters. The quantitative estimate of drug-likeness (QED) is 0.191. The van der Waals surface area contributed by atoms with E-state index >= 15 is 8.78 Å². The lowest BCUT2D eigenvalue weighted by Gasteiger charge is -2.19. The number of halogens is 2.